The first kappa shape index (κ1) is 11.1. The lowest BCUT2D eigenvalue weighted by atomic mass is 9.63. The number of carbonyl (C=O) groups excluding carboxylic acids is 1. The quantitative estimate of drug-likeness (QED) is 0.762. The maximum Gasteiger partial charge on any atom is 0.255 e. The van der Waals surface area contributed by atoms with Gasteiger partial charge in [0.25, 0.3) is 11.5 Å². The molecular formula is C13H14N2O3. The van der Waals surface area contributed by atoms with Gasteiger partial charge in [-0.1, -0.05) is 6.58 Å². The number of rotatable bonds is 1. The average Bonchev–Trinajstić information content (AvgIpc) is 2.17. The molecule has 1 aromatic heterocycles. The molecule has 4 rings (SSSR count). The van der Waals surface area contributed by atoms with Crippen molar-refractivity contribution < 1.29 is 9.90 Å². The number of nitrogens with zero attached hydrogens (tertiary/aromatic N) is 1. The van der Waals surface area contributed by atoms with E-state index in [0.717, 1.165) is 11.8 Å². The number of piperidine rings is 2. The van der Waals surface area contributed by atoms with Crippen LogP contribution in [0.1, 0.15) is 18.5 Å². The van der Waals surface area contributed by atoms with Crippen LogP contribution in [-0.4, -0.2) is 15.6 Å². The van der Waals surface area contributed by atoms with E-state index in [1.807, 2.05) is 0 Å². The van der Waals surface area contributed by atoms with E-state index >= 15 is 0 Å². The third-order valence-corrected chi connectivity index (χ3v) is 3.99. The van der Waals surface area contributed by atoms with Gasteiger partial charge in [-0.3, -0.25) is 14.2 Å². The minimum absolute atomic E-state index is 0.0679. The highest BCUT2D eigenvalue weighted by Crippen LogP contribution is 2.50. The first-order valence-electron chi connectivity index (χ1n) is 5.87. The molecule has 5 heteroatoms. The molecule has 2 N–H and O–H groups in total. The van der Waals surface area contributed by atoms with E-state index in [1.54, 1.807) is 6.92 Å². The highest BCUT2D eigenvalue weighted by molar-refractivity contribution is 5.89. The lowest BCUT2D eigenvalue weighted by molar-refractivity contribution is -0.141. The number of hydrogen-bond donors (Lipinski definition) is 2. The van der Waals surface area contributed by atoms with Crippen molar-refractivity contribution in [3.63, 3.8) is 0 Å². The fourth-order valence-corrected chi connectivity index (χ4v) is 3.07. The standard InChI is InChI=1S/C13H14N2O3/c1-7-3-10(16)4-11(17)15(7)13-5-9(6-13)8(2)14-12(13)18/h3-4,9,16H,2,5-6H2,1H3,(H,14,18). The van der Waals surface area contributed by atoms with Crippen LogP contribution in [-0.2, 0) is 10.3 Å². The summed E-state index contributed by atoms with van der Waals surface area (Å²) >= 11 is 0. The van der Waals surface area contributed by atoms with Crippen LogP contribution in [0.3, 0.4) is 0 Å². The lowest BCUT2D eigenvalue weighted by Gasteiger charge is -2.53. The third-order valence-electron chi connectivity index (χ3n) is 3.99. The normalized spacial score (nSPS) is 29.7. The third kappa shape index (κ3) is 1.21. The first-order chi connectivity index (χ1) is 8.44. The lowest BCUT2D eigenvalue weighted by Crippen LogP contribution is -2.65. The minimum Gasteiger partial charge on any atom is -0.508 e. The summed E-state index contributed by atoms with van der Waals surface area (Å²) in [4.78, 5) is 24.2. The molecule has 94 valence electrons. The molecular weight excluding hydrogens is 232 g/mol. The van der Waals surface area contributed by atoms with Gasteiger partial charge < -0.3 is 10.4 Å². The zero-order chi connectivity index (χ0) is 13.1. The molecule has 3 heterocycles. The number of amides is 1. The molecule has 2 aliphatic heterocycles. The van der Waals surface area contributed by atoms with Crippen molar-refractivity contribution in [2.24, 2.45) is 5.92 Å². The van der Waals surface area contributed by atoms with E-state index in [1.165, 1.54) is 10.6 Å². The number of aryl methyl sites for hydroxylation is 1. The van der Waals surface area contributed by atoms with Crippen molar-refractivity contribution in [1.82, 2.24) is 9.88 Å². The van der Waals surface area contributed by atoms with Crippen molar-refractivity contribution in [1.29, 1.82) is 0 Å². The van der Waals surface area contributed by atoms with Crippen LogP contribution in [0.25, 0.3) is 0 Å². The fraction of sp³-hybridized carbons (Fsp3) is 0.385. The van der Waals surface area contributed by atoms with Crippen LogP contribution in [0.4, 0.5) is 0 Å². The Morgan fingerprint density at radius 3 is 2.67 bits per heavy atom. The first-order valence-corrected chi connectivity index (χ1v) is 5.87. The molecule has 5 nitrogen and oxygen atoms in total. The summed E-state index contributed by atoms with van der Waals surface area (Å²) < 4.78 is 1.49. The molecule has 0 atom stereocenters. The highest BCUT2D eigenvalue weighted by atomic mass is 16.3. The molecule has 18 heavy (non-hydrogen) atoms. The minimum atomic E-state index is -0.791. The average molecular weight is 246 g/mol. The van der Waals surface area contributed by atoms with Gasteiger partial charge in [-0.15, -0.1) is 0 Å². The molecule has 1 aromatic rings. The van der Waals surface area contributed by atoms with Gasteiger partial charge in [0, 0.05) is 23.4 Å². The highest BCUT2D eigenvalue weighted by Gasteiger charge is 2.57. The smallest absolute Gasteiger partial charge is 0.255 e. The molecule has 2 bridgehead atoms. The van der Waals surface area contributed by atoms with Gasteiger partial charge in [0.05, 0.1) is 0 Å². The van der Waals surface area contributed by atoms with Gasteiger partial charge in [0.1, 0.15) is 11.3 Å². The van der Waals surface area contributed by atoms with Crippen LogP contribution in [0.2, 0.25) is 0 Å². The molecule has 2 saturated heterocycles. The molecule has 0 radical (unpaired) electrons. The molecule has 3 fully saturated rings. The predicted molar refractivity (Wildman–Crippen MR) is 65.1 cm³/mol. The van der Waals surface area contributed by atoms with E-state index in [4.69, 9.17) is 0 Å². The van der Waals surface area contributed by atoms with Gasteiger partial charge in [-0.2, -0.15) is 0 Å². The summed E-state index contributed by atoms with van der Waals surface area (Å²) in [5.74, 6) is 0.00958. The maximum atomic E-state index is 12.2. The van der Waals surface area contributed by atoms with Crippen LogP contribution in [0, 0.1) is 12.8 Å². The van der Waals surface area contributed by atoms with Crippen molar-refractivity contribution in [3.8, 4) is 5.75 Å². The fourth-order valence-electron chi connectivity index (χ4n) is 3.07. The van der Waals surface area contributed by atoms with Gasteiger partial charge in [-0.05, 0) is 25.8 Å². The van der Waals surface area contributed by atoms with Crippen molar-refractivity contribution >= 4 is 5.91 Å². The topological polar surface area (TPSA) is 71.3 Å². The number of hydrogen-bond acceptors (Lipinski definition) is 3. The number of allylic oxidation sites excluding steroid dienone is 1. The van der Waals surface area contributed by atoms with Crippen LogP contribution in [0.15, 0.2) is 29.2 Å². The van der Waals surface area contributed by atoms with Gasteiger partial charge in [0.2, 0.25) is 0 Å². The summed E-state index contributed by atoms with van der Waals surface area (Å²) in [6, 6.07) is 2.64. The predicted octanol–water partition coefficient (Wildman–Crippen LogP) is 0.611. The zero-order valence-corrected chi connectivity index (χ0v) is 10.1. The summed E-state index contributed by atoms with van der Waals surface area (Å²) in [5, 5.41) is 12.1. The van der Waals surface area contributed by atoms with E-state index in [2.05, 4.69) is 11.9 Å². The maximum absolute atomic E-state index is 12.2. The largest absolute Gasteiger partial charge is 0.508 e. The van der Waals surface area contributed by atoms with Crippen LogP contribution >= 0.6 is 0 Å². The van der Waals surface area contributed by atoms with Crippen LogP contribution in [0.5, 0.6) is 5.75 Å². The molecule has 0 unspecified atom stereocenters. The Balaban J connectivity index is 2.15. The second-order valence-corrected chi connectivity index (χ2v) is 5.14. The Morgan fingerprint density at radius 2 is 2.11 bits per heavy atom. The second kappa shape index (κ2) is 3.25. The molecule has 3 aliphatic rings. The number of fused-ring (bicyclic) bond motifs is 2. The Morgan fingerprint density at radius 1 is 1.44 bits per heavy atom. The van der Waals surface area contributed by atoms with E-state index in [0.29, 0.717) is 18.5 Å². The summed E-state index contributed by atoms with van der Waals surface area (Å²) in [5.41, 5.74) is 0.210. The van der Waals surface area contributed by atoms with Gasteiger partial charge in [-0.25, -0.2) is 0 Å². The Bertz CT molecular complexity index is 624. The number of aromatic nitrogens is 1. The molecule has 0 spiro atoms. The second-order valence-electron chi connectivity index (χ2n) is 5.14. The van der Waals surface area contributed by atoms with Crippen LogP contribution < -0.4 is 10.9 Å². The van der Waals surface area contributed by atoms with Gasteiger partial charge >= 0.3 is 0 Å². The monoisotopic (exact) mass is 246 g/mol. The Kier molecular flexibility index (Phi) is 2.00. The van der Waals surface area contributed by atoms with E-state index in [9.17, 15) is 14.7 Å². The van der Waals surface area contributed by atoms with E-state index < -0.39 is 5.54 Å². The van der Waals surface area contributed by atoms with Crippen molar-refractivity contribution in [2.75, 3.05) is 0 Å². The Labute approximate surface area is 104 Å². The van der Waals surface area contributed by atoms with E-state index in [-0.39, 0.29) is 23.1 Å². The molecule has 1 saturated carbocycles. The zero-order valence-electron chi connectivity index (χ0n) is 10.1. The summed E-state index contributed by atoms with van der Waals surface area (Å²) in [7, 11) is 0. The summed E-state index contributed by atoms with van der Waals surface area (Å²) in [6.07, 6.45) is 1.23. The number of pyridine rings is 1. The number of carbonyl (C=O) groups is 1. The van der Waals surface area contributed by atoms with Crippen molar-refractivity contribution in [3.05, 3.63) is 40.5 Å². The molecule has 0 aromatic carbocycles. The number of nitrogens with one attached hydrogen (secondary N) is 1. The summed E-state index contributed by atoms with van der Waals surface area (Å²) in [6.45, 7) is 5.53. The molecule has 1 amide bonds. The Hall–Kier alpha value is -2.04. The molecule has 1 aliphatic carbocycles. The number of aromatic hydroxyl groups is 1. The van der Waals surface area contributed by atoms with Crippen molar-refractivity contribution in [2.45, 2.75) is 25.3 Å². The van der Waals surface area contributed by atoms with Gasteiger partial charge in [0.15, 0.2) is 0 Å². The SMILES string of the molecule is C=C1NC(=O)C2(n3c(C)cc(O)cc3=O)CC1C2.